The highest BCUT2D eigenvalue weighted by molar-refractivity contribution is 5.46. The highest BCUT2D eigenvalue weighted by Gasteiger charge is 2.41. The molecule has 14 heavy (non-hydrogen) atoms. The number of hydrogen-bond donors (Lipinski definition) is 3. The maximum absolute atomic E-state index is 9.83. The molecule has 0 heterocycles. The third-order valence-corrected chi connectivity index (χ3v) is 2.62. The van der Waals surface area contributed by atoms with Crippen molar-refractivity contribution in [3.8, 4) is 0 Å². The maximum Gasteiger partial charge on any atom is 0.0899 e. The van der Waals surface area contributed by atoms with Crippen LogP contribution in [-0.4, -0.2) is 18.2 Å². The molecule has 0 radical (unpaired) electrons. The van der Waals surface area contributed by atoms with Crippen molar-refractivity contribution < 1.29 is 5.11 Å². The Kier molecular flexibility index (Phi) is 2.44. The predicted octanol–water partition coefficient (Wildman–Crippen LogP) is 1.04. The highest BCUT2D eigenvalue weighted by atomic mass is 16.3. The van der Waals surface area contributed by atoms with Gasteiger partial charge >= 0.3 is 0 Å². The molecule has 1 saturated carbocycles. The van der Waals surface area contributed by atoms with Gasteiger partial charge < -0.3 is 16.2 Å². The number of benzene rings is 1. The van der Waals surface area contributed by atoms with E-state index in [4.69, 9.17) is 5.73 Å². The van der Waals surface area contributed by atoms with Crippen molar-refractivity contribution in [2.75, 3.05) is 18.4 Å². The minimum Gasteiger partial charge on any atom is -0.385 e. The summed E-state index contributed by atoms with van der Waals surface area (Å²) in [5, 5.41) is 13.0. The molecule has 3 heteroatoms. The molecule has 76 valence electrons. The number of nitrogens with two attached hydrogens (primary N) is 1. The summed E-state index contributed by atoms with van der Waals surface area (Å²) in [6.45, 7) is 1.41. The Hall–Kier alpha value is -1.06. The molecule has 3 nitrogen and oxygen atoms in total. The number of nitrogens with one attached hydrogen (secondary N) is 1. The Morgan fingerprint density at radius 3 is 2.43 bits per heavy atom. The summed E-state index contributed by atoms with van der Waals surface area (Å²) in [5.41, 5.74) is 6.94. The lowest BCUT2D eigenvalue weighted by molar-refractivity contribution is 0.151. The third kappa shape index (κ3) is 1.89. The lowest BCUT2D eigenvalue weighted by Gasteiger charge is -2.09. The van der Waals surface area contributed by atoms with Crippen LogP contribution >= 0.6 is 0 Å². The Labute approximate surface area is 83.9 Å². The van der Waals surface area contributed by atoms with Crippen LogP contribution in [0, 0.1) is 0 Å². The monoisotopic (exact) mass is 192 g/mol. The molecular formula is C11H16N2O. The number of anilines is 1. The van der Waals surface area contributed by atoms with Crippen molar-refractivity contribution in [1.29, 1.82) is 0 Å². The van der Waals surface area contributed by atoms with E-state index in [0.29, 0.717) is 6.54 Å². The topological polar surface area (TPSA) is 58.3 Å². The molecular weight excluding hydrogens is 176 g/mol. The molecule has 1 fully saturated rings. The van der Waals surface area contributed by atoms with Gasteiger partial charge in [0.2, 0.25) is 0 Å². The van der Waals surface area contributed by atoms with Crippen LogP contribution in [0.25, 0.3) is 0 Å². The zero-order valence-electron chi connectivity index (χ0n) is 8.16. The first-order valence-corrected chi connectivity index (χ1v) is 5.01. The van der Waals surface area contributed by atoms with E-state index < -0.39 is 5.60 Å². The molecule has 0 unspecified atom stereocenters. The molecule has 0 aromatic heterocycles. The van der Waals surface area contributed by atoms with Crippen LogP contribution in [0.4, 0.5) is 5.69 Å². The molecule has 0 bridgehead atoms. The Bertz CT molecular complexity index is 304. The minimum absolute atomic E-state index is 0.521. The fraction of sp³-hybridized carbons (Fsp3) is 0.455. The predicted molar refractivity (Wildman–Crippen MR) is 57.1 cm³/mol. The van der Waals surface area contributed by atoms with E-state index >= 15 is 0 Å². The van der Waals surface area contributed by atoms with Gasteiger partial charge in [-0.2, -0.15) is 0 Å². The summed E-state index contributed by atoms with van der Waals surface area (Å²) in [5.74, 6) is 0. The largest absolute Gasteiger partial charge is 0.385 e. The molecule has 0 atom stereocenters. The van der Waals surface area contributed by atoms with Gasteiger partial charge in [0.15, 0.2) is 0 Å². The molecule has 1 aliphatic rings. The second-order valence-corrected chi connectivity index (χ2v) is 3.82. The van der Waals surface area contributed by atoms with Crippen LogP contribution in [0.5, 0.6) is 0 Å². The van der Waals surface area contributed by atoms with E-state index in [-0.39, 0.29) is 0 Å². The summed E-state index contributed by atoms with van der Waals surface area (Å²) < 4.78 is 0. The molecule has 2 rings (SSSR count). The molecule has 0 saturated heterocycles. The van der Waals surface area contributed by atoms with Crippen LogP contribution in [0.1, 0.15) is 18.4 Å². The van der Waals surface area contributed by atoms with Gasteiger partial charge in [0.25, 0.3) is 0 Å². The summed E-state index contributed by atoms with van der Waals surface area (Å²) in [6.07, 6.45) is 1.78. The maximum atomic E-state index is 9.83. The van der Waals surface area contributed by atoms with Gasteiger partial charge in [0.05, 0.1) is 5.60 Å². The fourth-order valence-electron chi connectivity index (χ4n) is 1.52. The number of hydrogen-bond acceptors (Lipinski definition) is 3. The molecule has 1 aromatic carbocycles. The van der Waals surface area contributed by atoms with Crippen LogP contribution in [0.2, 0.25) is 0 Å². The molecule has 0 aliphatic heterocycles. The Morgan fingerprint density at radius 2 is 1.93 bits per heavy atom. The van der Waals surface area contributed by atoms with Crippen LogP contribution < -0.4 is 11.1 Å². The molecule has 0 amide bonds. The summed E-state index contributed by atoms with van der Waals surface area (Å²) in [4.78, 5) is 0. The smallest absolute Gasteiger partial charge is 0.0899 e. The fourth-order valence-corrected chi connectivity index (χ4v) is 1.52. The Morgan fingerprint density at radius 1 is 1.29 bits per heavy atom. The zero-order chi connectivity index (χ0) is 10.0. The highest BCUT2D eigenvalue weighted by Crippen LogP contribution is 2.45. The van der Waals surface area contributed by atoms with Gasteiger partial charge in [0, 0.05) is 18.8 Å². The van der Waals surface area contributed by atoms with E-state index in [1.807, 2.05) is 24.3 Å². The second-order valence-electron chi connectivity index (χ2n) is 3.82. The van der Waals surface area contributed by atoms with Crippen molar-refractivity contribution in [2.24, 2.45) is 5.73 Å². The minimum atomic E-state index is -0.521. The third-order valence-electron chi connectivity index (χ3n) is 2.62. The van der Waals surface area contributed by atoms with E-state index in [1.165, 1.54) is 0 Å². The first-order chi connectivity index (χ1) is 6.74. The van der Waals surface area contributed by atoms with E-state index in [1.54, 1.807) is 0 Å². The summed E-state index contributed by atoms with van der Waals surface area (Å²) >= 11 is 0. The van der Waals surface area contributed by atoms with Crippen molar-refractivity contribution in [3.05, 3.63) is 29.8 Å². The number of rotatable bonds is 4. The van der Waals surface area contributed by atoms with E-state index in [9.17, 15) is 5.11 Å². The average Bonchev–Trinajstić information content (AvgIpc) is 2.96. The number of aliphatic hydroxyl groups is 1. The van der Waals surface area contributed by atoms with Gasteiger partial charge in [-0.05, 0) is 30.5 Å². The lowest BCUT2D eigenvalue weighted by atomic mass is 10.1. The van der Waals surface area contributed by atoms with Gasteiger partial charge in [-0.3, -0.25) is 0 Å². The zero-order valence-corrected chi connectivity index (χ0v) is 8.16. The van der Waals surface area contributed by atoms with E-state index in [2.05, 4.69) is 5.32 Å². The second kappa shape index (κ2) is 3.59. The first kappa shape index (κ1) is 9.49. The van der Waals surface area contributed by atoms with Gasteiger partial charge in [-0.25, -0.2) is 0 Å². The van der Waals surface area contributed by atoms with Crippen LogP contribution in [0.15, 0.2) is 24.3 Å². The first-order valence-electron chi connectivity index (χ1n) is 5.01. The van der Waals surface area contributed by atoms with Gasteiger partial charge in [-0.15, -0.1) is 0 Å². The van der Waals surface area contributed by atoms with Crippen molar-refractivity contribution in [2.45, 2.75) is 18.4 Å². The molecule has 1 aliphatic carbocycles. The summed E-state index contributed by atoms with van der Waals surface area (Å²) in [7, 11) is 0. The standard InChI is InChI=1S/C11H16N2O/c12-7-8-13-10-3-1-9(2-4-10)11(14)5-6-11/h1-4,13-14H,5-8,12H2. The van der Waals surface area contributed by atoms with Crippen molar-refractivity contribution in [1.82, 2.24) is 0 Å². The SMILES string of the molecule is NCCNc1ccc(C2(O)CC2)cc1. The summed E-state index contributed by atoms with van der Waals surface area (Å²) in [6, 6.07) is 7.93. The molecule has 1 aromatic rings. The van der Waals surface area contributed by atoms with Crippen LogP contribution in [0.3, 0.4) is 0 Å². The van der Waals surface area contributed by atoms with Crippen LogP contribution in [-0.2, 0) is 5.60 Å². The Balaban J connectivity index is 2.03. The molecule has 4 N–H and O–H groups in total. The van der Waals surface area contributed by atoms with Crippen molar-refractivity contribution >= 4 is 5.69 Å². The quantitative estimate of drug-likeness (QED) is 0.668. The van der Waals surface area contributed by atoms with Crippen molar-refractivity contribution in [3.63, 3.8) is 0 Å². The van der Waals surface area contributed by atoms with Gasteiger partial charge in [-0.1, -0.05) is 12.1 Å². The van der Waals surface area contributed by atoms with E-state index in [0.717, 1.165) is 30.6 Å². The van der Waals surface area contributed by atoms with Gasteiger partial charge in [0.1, 0.15) is 0 Å². The normalized spacial score (nSPS) is 17.9. The molecule has 0 spiro atoms. The average molecular weight is 192 g/mol. The lowest BCUT2D eigenvalue weighted by Crippen LogP contribution is -2.13.